The summed E-state index contributed by atoms with van der Waals surface area (Å²) in [6, 6.07) is 0. The van der Waals surface area contributed by atoms with Crippen molar-refractivity contribution < 1.29 is 5.11 Å². The number of aliphatic hydroxyl groups excluding tert-OH is 1. The predicted octanol–water partition coefficient (Wildman–Crippen LogP) is 0.356. The van der Waals surface area contributed by atoms with Gasteiger partial charge < -0.3 is 15.4 Å². The van der Waals surface area contributed by atoms with Crippen LogP contribution in [0.1, 0.15) is 27.2 Å². The van der Waals surface area contributed by atoms with Crippen LogP contribution in [0.25, 0.3) is 11.2 Å². The topological polar surface area (TPSA) is 105 Å². The molecule has 0 aromatic carbocycles. The highest BCUT2D eigenvalue weighted by molar-refractivity contribution is 5.72. The van der Waals surface area contributed by atoms with Crippen molar-refractivity contribution in [2.75, 3.05) is 18.5 Å². The van der Waals surface area contributed by atoms with Crippen LogP contribution in [0.15, 0.2) is 9.59 Å². The number of fused-ring (bicyclic) bond motifs is 1. The Morgan fingerprint density at radius 3 is 2.64 bits per heavy atom. The van der Waals surface area contributed by atoms with Crippen LogP contribution in [-0.4, -0.2) is 37.4 Å². The van der Waals surface area contributed by atoms with E-state index < -0.39 is 0 Å². The number of hydrogen-bond acceptors (Lipinski definition) is 5. The molecule has 0 radical (unpaired) electrons. The molecular formula is C14H23N5O3. The third-order valence-electron chi connectivity index (χ3n) is 3.35. The second-order valence-electron chi connectivity index (χ2n) is 5.62. The molecule has 0 atom stereocenters. The molecule has 0 aliphatic rings. The zero-order valence-corrected chi connectivity index (χ0v) is 13.2. The van der Waals surface area contributed by atoms with Crippen molar-refractivity contribution in [3.05, 3.63) is 20.8 Å². The molecule has 2 aromatic rings. The molecule has 0 unspecified atom stereocenters. The van der Waals surface area contributed by atoms with Crippen LogP contribution in [-0.2, 0) is 13.1 Å². The highest BCUT2D eigenvalue weighted by Crippen LogP contribution is 2.11. The Bertz CT molecular complexity index is 756. The van der Waals surface area contributed by atoms with E-state index in [4.69, 9.17) is 5.11 Å². The van der Waals surface area contributed by atoms with Gasteiger partial charge in [0.15, 0.2) is 11.2 Å². The quantitative estimate of drug-likeness (QED) is 0.640. The molecule has 0 aliphatic carbocycles. The molecule has 8 nitrogen and oxygen atoms in total. The number of aliphatic hydroxyl groups is 1. The van der Waals surface area contributed by atoms with Crippen molar-refractivity contribution >= 4 is 17.1 Å². The molecule has 2 aromatic heterocycles. The van der Waals surface area contributed by atoms with Crippen molar-refractivity contribution in [3.63, 3.8) is 0 Å². The van der Waals surface area contributed by atoms with Gasteiger partial charge in [-0.05, 0) is 19.3 Å². The second-order valence-corrected chi connectivity index (χ2v) is 5.62. The van der Waals surface area contributed by atoms with Gasteiger partial charge in [-0.3, -0.25) is 13.9 Å². The average Bonchev–Trinajstić information content (AvgIpc) is 2.88. The molecule has 0 aliphatic heterocycles. The number of rotatable bonds is 7. The molecule has 0 saturated heterocycles. The summed E-state index contributed by atoms with van der Waals surface area (Å²) in [6.45, 7) is 7.21. The zero-order chi connectivity index (χ0) is 16.3. The van der Waals surface area contributed by atoms with E-state index in [0.717, 1.165) is 0 Å². The van der Waals surface area contributed by atoms with Crippen LogP contribution in [0.5, 0.6) is 0 Å². The maximum absolute atomic E-state index is 12.5. The average molecular weight is 309 g/mol. The van der Waals surface area contributed by atoms with Crippen molar-refractivity contribution in [1.82, 2.24) is 19.1 Å². The summed E-state index contributed by atoms with van der Waals surface area (Å²) in [6.07, 6.45) is 0.578. The van der Waals surface area contributed by atoms with E-state index in [1.54, 1.807) is 11.5 Å². The molecule has 0 spiro atoms. The Balaban J connectivity index is 2.59. The van der Waals surface area contributed by atoms with E-state index in [2.05, 4.69) is 15.3 Å². The first-order chi connectivity index (χ1) is 10.5. The summed E-state index contributed by atoms with van der Waals surface area (Å²) in [7, 11) is 0. The molecule has 0 amide bonds. The first-order valence-corrected chi connectivity index (χ1v) is 7.57. The van der Waals surface area contributed by atoms with Gasteiger partial charge in [0, 0.05) is 26.2 Å². The van der Waals surface area contributed by atoms with Crippen LogP contribution >= 0.6 is 0 Å². The van der Waals surface area contributed by atoms with Gasteiger partial charge in [-0.2, -0.15) is 4.98 Å². The Hall–Kier alpha value is -2.09. The van der Waals surface area contributed by atoms with Crippen molar-refractivity contribution in [2.45, 2.75) is 40.3 Å². The van der Waals surface area contributed by atoms with Crippen molar-refractivity contribution in [1.29, 1.82) is 0 Å². The van der Waals surface area contributed by atoms with Crippen molar-refractivity contribution in [3.8, 4) is 0 Å². The molecule has 3 N–H and O–H groups in total. The van der Waals surface area contributed by atoms with E-state index in [1.807, 2.05) is 13.8 Å². The largest absolute Gasteiger partial charge is 0.396 e. The van der Waals surface area contributed by atoms with E-state index in [9.17, 15) is 9.59 Å². The van der Waals surface area contributed by atoms with Gasteiger partial charge in [0.25, 0.3) is 5.56 Å². The highest BCUT2D eigenvalue weighted by atomic mass is 16.3. The van der Waals surface area contributed by atoms with Crippen LogP contribution in [0.4, 0.5) is 5.95 Å². The molecule has 0 saturated carbocycles. The maximum Gasteiger partial charge on any atom is 0.332 e. The van der Waals surface area contributed by atoms with E-state index >= 15 is 0 Å². The summed E-state index contributed by atoms with van der Waals surface area (Å²) in [5, 5.41) is 11.8. The molecular weight excluding hydrogens is 286 g/mol. The summed E-state index contributed by atoms with van der Waals surface area (Å²) in [5.74, 6) is 0.692. The summed E-state index contributed by atoms with van der Waals surface area (Å²) in [5.41, 5.74) is 0.0146. The molecule has 0 bridgehead atoms. The monoisotopic (exact) mass is 309 g/mol. The lowest BCUT2D eigenvalue weighted by molar-refractivity contribution is 0.292. The van der Waals surface area contributed by atoms with Gasteiger partial charge in [-0.1, -0.05) is 13.8 Å². The van der Waals surface area contributed by atoms with Gasteiger partial charge in [-0.15, -0.1) is 0 Å². The van der Waals surface area contributed by atoms with Gasteiger partial charge in [0.1, 0.15) is 0 Å². The molecule has 2 heterocycles. The SMILES string of the molecule is CCn1c(=O)c2[nH]c(NCCCO)nc2n(CC(C)C)c1=O. The molecule has 2 rings (SSSR count). The summed E-state index contributed by atoms with van der Waals surface area (Å²) in [4.78, 5) is 32.1. The smallest absolute Gasteiger partial charge is 0.332 e. The number of imidazole rings is 1. The van der Waals surface area contributed by atoms with Crippen LogP contribution < -0.4 is 16.6 Å². The fourth-order valence-electron chi connectivity index (χ4n) is 2.34. The fraction of sp³-hybridized carbons (Fsp3) is 0.643. The lowest BCUT2D eigenvalue weighted by atomic mass is 10.2. The Labute approximate surface area is 127 Å². The Morgan fingerprint density at radius 1 is 1.32 bits per heavy atom. The summed E-state index contributed by atoms with van der Waals surface area (Å²) < 4.78 is 2.75. The Morgan fingerprint density at radius 2 is 2.05 bits per heavy atom. The van der Waals surface area contributed by atoms with E-state index in [0.29, 0.717) is 43.2 Å². The minimum atomic E-state index is -0.356. The lowest BCUT2D eigenvalue weighted by Gasteiger charge is -2.11. The Kier molecular flexibility index (Phi) is 5.02. The van der Waals surface area contributed by atoms with Gasteiger partial charge in [0.05, 0.1) is 0 Å². The minimum absolute atomic E-state index is 0.0773. The number of nitrogens with one attached hydrogen (secondary N) is 2. The normalized spacial score (nSPS) is 11.5. The zero-order valence-electron chi connectivity index (χ0n) is 13.2. The highest BCUT2D eigenvalue weighted by Gasteiger charge is 2.17. The number of aromatic amines is 1. The van der Waals surface area contributed by atoms with Gasteiger partial charge >= 0.3 is 5.69 Å². The minimum Gasteiger partial charge on any atom is -0.396 e. The first kappa shape index (κ1) is 16.3. The molecule has 122 valence electrons. The number of nitrogens with zero attached hydrogens (tertiary/aromatic N) is 3. The van der Waals surface area contributed by atoms with E-state index in [-0.39, 0.29) is 23.8 Å². The van der Waals surface area contributed by atoms with Gasteiger partial charge in [0.2, 0.25) is 5.95 Å². The van der Waals surface area contributed by atoms with Crippen molar-refractivity contribution in [2.24, 2.45) is 5.92 Å². The third-order valence-corrected chi connectivity index (χ3v) is 3.35. The van der Waals surface area contributed by atoms with Crippen LogP contribution in [0.2, 0.25) is 0 Å². The third kappa shape index (κ3) is 3.06. The van der Waals surface area contributed by atoms with E-state index in [1.165, 1.54) is 4.57 Å². The summed E-state index contributed by atoms with van der Waals surface area (Å²) >= 11 is 0. The number of hydrogen-bond donors (Lipinski definition) is 3. The second kappa shape index (κ2) is 6.78. The fourth-order valence-corrected chi connectivity index (χ4v) is 2.34. The number of aromatic nitrogens is 4. The molecule has 0 fully saturated rings. The predicted molar refractivity (Wildman–Crippen MR) is 85.3 cm³/mol. The van der Waals surface area contributed by atoms with Gasteiger partial charge in [-0.25, -0.2) is 4.79 Å². The first-order valence-electron chi connectivity index (χ1n) is 7.57. The lowest BCUT2D eigenvalue weighted by Crippen LogP contribution is -2.40. The maximum atomic E-state index is 12.5. The molecule has 8 heteroatoms. The van der Waals surface area contributed by atoms with Crippen LogP contribution in [0.3, 0.4) is 0 Å². The number of H-pyrrole nitrogens is 1. The number of anilines is 1. The molecule has 22 heavy (non-hydrogen) atoms. The standard InChI is InChI=1S/C14H23N5O3/c1-4-18-12(21)10-11(19(14(18)22)8-9(2)3)17-13(16-10)15-6-5-7-20/h9,20H,4-8H2,1-3H3,(H2,15,16,17). The van der Waals surface area contributed by atoms with Crippen LogP contribution in [0, 0.1) is 5.92 Å².